The van der Waals surface area contributed by atoms with Crippen LogP contribution in [0.15, 0.2) is 12.1 Å². The average Bonchev–Trinajstić information content (AvgIpc) is 2.25. The minimum absolute atomic E-state index is 0.152. The molecular weight excluding hydrogens is 389 g/mol. The molecule has 0 N–H and O–H groups in total. The zero-order valence-electron chi connectivity index (χ0n) is 8.37. The molecule has 0 aliphatic rings. The molecule has 1 rings (SSSR count). The molecular formula is C8H8Cl2IO4P. The lowest BCUT2D eigenvalue weighted by Crippen LogP contribution is -1.98. The van der Waals surface area contributed by atoms with E-state index in [9.17, 15) is 4.57 Å². The van der Waals surface area contributed by atoms with Crippen molar-refractivity contribution in [3.63, 3.8) is 0 Å². The van der Waals surface area contributed by atoms with Gasteiger partial charge in [0.2, 0.25) is 0 Å². The van der Waals surface area contributed by atoms with E-state index in [2.05, 4.69) is 9.05 Å². The largest absolute Gasteiger partial charge is 0.529 e. The normalized spacial score (nSPS) is 11.6. The highest BCUT2D eigenvalue weighted by molar-refractivity contribution is 14.1. The quantitative estimate of drug-likeness (QED) is 0.430. The molecule has 0 unspecified atom stereocenters. The Bertz CT molecular complexity index is 432. The highest BCUT2D eigenvalue weighted by atomic mass is 127. The van der Waals surface area contributed by atoms with E-state index >= 15 is 0 Å². The molecule has 0 saturated heterocycles. The number of hydrogen-bond acceptors (Lipinski definition) is 4. The van der Waals surface area contributed by atoms with Gasteiger partial charge in [-0.25, -0.2) is 4.57 Å². The van der Waals surface area contributed by atoms with Gasteiger partial charge in [-0.3, -0.25) is 9.05 Å². The van der Waals surface area contributed by atoms with Gasteiger partial charge in [0.1, 0.15) is 0 Å². The van der Waals surface area contributed by atoms with E-state index in [-0.39, 0.29) is 10.8 Å². The van der Waals surface area contributed by atoms with Gasteiger partial charge in [0.15, 0.2) is 5.75 Å². The van der Waals surface area contributed by atoms with Gasteiger partial charge in [-0.15, -0.1) is 0 Å². The van der Waals surface area contributed by atoms with Crippen molar-refractivity contribution in [3.8, 4) is 5.75 Å². The SMILES string of the molecule is COP(=O)(OC)Oc1cc(Cl)c(I)cc1Cl. The second-order valence-corrected chi connectivity index (χ2v) is 6.38. The summed E-state index contributed by atoms with van der Waals surface area (Å²) >= 11 is 13.8. The van der Waals surface area contributed by atoms with Crippen molar-refractivity contribution in [3.05, 3.63) is 25.7 Å². The number of phosphoric acid groups is 1. The van der Waals surface area contributed by atoms with Crippen molar-refractivity contribution in [2.45, 2.75) is 0 Å². The third kappa shape index (κ3) is 3.48. The minimum Gasteiger partial charge on any atom is -0.402 e. The molecule has 4 nitrogen and oxygen atoms in total. The van der Waals surface area contributed by atoms with E-state index in [1.54, 1.807) is 6.07 Å². The number of rotatable bonds is 4. The van der Waals surface area contributed by atoms with E-state index in [4.69, 9.17) is 27.7 Å². The Labute approximate surface area is 117 Å². The lowest BCUT2D eigenvalue weighted by molar-refractivity contribution is 0.211. The van der Waals surface area contributed by atoms with Gasteiger partial charge in [0.25, 0.3) is 0 Å². The third-order valence-electron chi connectivity index (χ3n) is 1.63. The van der Waals surface area contributed by atoms with Crippen LogP contribution in [0.1, 0.15) is 0 Å². The second kappa shape index (κ2) is 5.89. The molecule has 90 valence electrons. The Morgan fingerprint density at radius 1 is 1.19 bits per heavy atom. The monoisotopic (exact) mass is 396 g/mol. The Hall–Kier alpha value is 0.480. The van der Waals surface area contributed by atoms with Gasteiger partial charge in [0.05, 0.1) is 10.0 Å². The van der Waals surface area contributed by atoms with E-state index in [0.29, 0.717) is 5.02 Å². The summed E-state index contributed by atoms with van der Waals surface area (Å²) in [5.41, 5.74) is 0. The maximum Gasteiger partial charge on any atom is 0.529 e. The van der Waals surface area contributed by atoms with Crippen LogP contribution in [-0.2, 0) is 13.6 Å². The summed E-state index contributed by atoms with van der Waals surface area (Å²) in [6.45, 7) is 0. The maximum absolute atomic E-state index is 11.7. The van der Waals surface area contributed by atoms with Crippen LogP contribution < -0.4 is 4.52 Å². The summed E-state index contributed by atoms with van der Waals surface area (Å²) < 4.78 is 26.8. The van der Waals surface area contributed by atoms with Crippen LogP contribution in [0.4, 0.5) is 0 Å². The fraction of sp³-hybridized carbons (Fsp3) is 0.250. The van der Waals surface area contributed by atoms with E-state index in [1.165, 1.54) is 20.3 Å². The standard InChI is InChI=1S/C8H8Cl2IO4P/c1-13-16(12,14-2)15-8-4-5(9)7(11)3-6(8)10/h3-4H,1-2H3. The van der Waals surface area contributed by atoms with Gasteiger partial charge in [-0.2, -0.15) is 0 Å². The Kier molecular flexibility index (Phi) is 5.35. The van der Waals surface area contributed by atoms with Crippen molar-refractivity contribution in [1.82, 2.24) is 0 Å². The van der Waals surface area contributed by atoms with Gasteiger partial charge in [-0.05, 0) is 28.7 Å². The summed E-state index contributed by atoms with van der Waals surface area (Å²) in [6.07, 6.45) is 0. The van der Waals surface area contributed by atoms with Crippen molar-refractivity contribution < 1.29 is 18.1 Å². The van der Waals surface area contributed by atoms with Crippen LogP contribution in [0.3, 0.4) is 0 Å². The molecule has 0 saturated carbocycles. The smallest absolute Gasteiger partial charge is 0.402 e. The summed E-state index contributed by atoms with van der Waals surface area (Å²) in [6, 6.07) is 3.05. The second-order valence-electron chi connectivity index (χ2n) is 2.60. The Morgan fingerprint density at radius 2 is 1.75 bits per heavy atom. The first-order valence-corrected chi connectivity index (χ1v) is 7.27. The summed E-state index contributed by atoms with van der Waals surface area (Å²) in [5.74, 6) is 0.152. The zero-order chi connectivity index (χ0) is 12.3. The van der Waals surface area contributed by atoms with Gasteiger partial charge in [-0.1, -0.05) is 23.2 Å². The molecule has 0 radical (unpaired) electrons. The molecule has 0 aliphatic carbocycles. The first-order valence-electron chi connectivity index (χ1n) is 3.97. The fourth-order valence-electron chi connectivity index (χ4n) is 0.844. The first kappa shape index (κ1) is 14.5. The predicted molar refractivity (Wildman–Crippen MR) is 71.4 cm³/mol. The van der Waals surface area contributed by atoms with Crippen LogP contribution in [0, 0.1) is 3.57 Å². The van der Waals surface area contributed by atoms with Crippen LogP contribution in [-0.4, -0.2) is 14.2 Å². The molecule has 16 heavy (non-hydrogen) atoms. The summed E-state index contributed by atoms with van der Waals surface area (Å²) in [4.78, 5) is 0. The average molecular weight is 397 g/mol. The van der Waals surface area contributed by atoms with Crippen molar-refractivity contribution >= 4 is 53.6 Å². The molecule has 1 aromatic rings. The van der Waals surface area contributed by atoms with Crippen LogP contribution >= 0.6 is 53.6 Å². The number of benzene rings is 1. The number of halogens is 3. The molecule has 1 aromatic carbocycles. The lowest BCUT2D eigenvalue weighted by Gasteiger charge is -2.15. The van der Waals surface area contributed by atoms with E-state index < -0.39 is 7.82 Å². The maximum atomic E-state index is 11.7. The first-order chi connectivity index (χ1) is 7.41. The lowest BCUT2D eigenvalue weighted by atomic mass is 10.3. The molecule has 0 atom stereocenters. The van der Waals surface area contributed by atoms with Crippen LogP contribution in [0.5, 0.6) is 5.75 Å². The summed E-state index contributed by atoms with van der Waals surface area (Å²) in [7, 11) is -1.18. The molecule has 0 aromatic heterocycles. The summed E-state index contributed by atoms with van der Waals surface area (Å²) in [5, 5.41) is 0.724. The third-order valence-corrected chi connectivity index (χ3v) is 4.77. The predicted octanol–water partition coefficient (Wildman–Crippen LogP) is 4.38. The van der Waals surface area contributed by atoms with Crippen LogP contribution in [0.2, 0.25) is 10.0 Å². The Balaban J connectivity index is 3.06. The van der Waals surface area contributed by atoms with Gasteiger partial charge in [0, 0.05) is 23.9 Å². The fourth-order valence-corrected chi connectivity index (χ4v) is 2.59. The van der Waals surface area contributed by atoms with E-state index in [0.717, 1.165) is 3.57 Å². The highest BCUT2D eigenvalue weighted by Gasteiger charge is 2.26. The number of phosphoric ester groups is 1. The zero-order valence-corrected chi connectivity index (χ0v) is 12.9. The van der Waals surface area contributed by atoms with Gasteiger partial charge >= 0.3 is 7.82 Å². The molecule has 0 bridgehead atoms. The molecule has 0 aliphatic heterocycles. The number of hydrogen-bond donors (Lipinski definition) is 0. The molecule has 0 amide bonds. The molecule has 0 fully saturated rings. The van der Waals surface area contributed by atoms with Crippen molar-refractivity contribution in [2.24, 2.45) is 0 Å². The minimum atomic E-state index is -3.61. The molecule has 8 heteroatoms. The van der Waals surface area contributed by atoms with Crippen molar-refractivity contribution in [1.29, 1.82) is 0 Å². The van der Waals surface area contributed by atoms with E-state index in [1.807, 2.05) is 22.6 Å². The van der Waals surface area contributed by atoms with Gasteiger partial charge < -0.3 is 4.52 Å². The van der Waals surface area contributed by atoms with Crippen LogP contribution in [0.25, 0.3) is 0 Å². The molecule has 0 spiro atoms. The topological polar surface area (TPSA) is 44.8 Å². The van der Waals surface area contributed by atoms with Crippen molar-refractivity contribution in [2.75, 3.05) is 14.2 Å². The molecule has 0 heterocycles. The highest BCUT2D eigenvalue weighted by Crippen LogP contribution is 2.50. The Morgan fingerprint density at radius 3 is 2.25 bits per heavy atom.